The second-order valence-corrected chi connectivity index (χ2v) is 4.31. The van der Waals surface area contributed by atoms with E-state index in [-0.39, 0.29) is 0 Å². The van der Waals surface area contributed by atoms with Crippen LogP contribution >= 0.6 is 15.9 Å². The van der Waals surface area contributed by atoms with E-state index in [1.165, 1.54) is 5.56 Å². The van der Waals surface area contributed by atoms with Crippen molar-refractivity contribution >= 4 is 15.9 Å². The van der Waals surface area contributed by atoms with E-state index in [1.807, 2.05) is 35.4 Å². The largest absolute Gasteiger partial charge is 0.265 e. The molecule has 0 aliphatic heterocycles. The van der Waals surface area contributed by atoms with Crippen LogP contribution in [0.4, 0.5) is 0 Å². The molecule has 5 heteroatoms. The average Bonchev–Trinajstić information content (AvgIpc) is 2.76. The second kappa shape index (κ2) is 5.75. The van der Waals surface area contributed by atoms with Crippen molar-refractivity contribution < 1.29 is 0 Å². The Hall–Kier alpha value is -1.23. The van der Waals surface area contributed by atoms with Gasteiger partial charge in [-0.2, -0.15) is 0 Å². The van der Waals surface area contributed by atoms with Gasteiger partial charge in [0.2, 0.25) is 0 Å². The summed E-state index contributed by atoms with van der Waals surface area (Å²) in [5.41, 5.74) is 2.30. The summed E-state index contributed by atoms with van der Waals surface area (Å²) in [7, 11) is 0. The van der Waals surface area contributed by atoms with E-state index in [9.17, 15) is 0 Å². The van der Waals surface area contributed by atoms with Crippen molar-refractivity contribution in [1.29, 1.82) is 0 Å². The van der Waals surface area contributed by atoms with Crippen LogP contribution in [0.3, 0.4) is 0 Å². The molecule has 0 fully saturated rings. The third-order valence-corrected chi connectivity index (χ3v) is 2.71. The van der Waals surface area contributed by atoms with E-state index in [0.717, 1.165) is 30.4 Å². The van der Waals surface area contributed by atoms with Crippen LogP contribution in [-0.4, -0.2) is 25.3 Å². The number of rotatable bonds is 5. The molecule has 0 radical (unpaired) electrons. The fraction of sp³-hybridized carbons (Fsp3) is 0.364. The third-order valence-electron chi connectivity index (χ3n) is 2.32. The minimum atomic E-state index is 0.860. The zero-order chi connectivity index (χ0) is 11.2. The number of nitrogens with zero attached hydrogens (tertiary/aromatic N) is 4. The first-order chi connectivity index (χ1) is 7.88. The van der Waals surface area contributed by atoms with Crippen molar-refractivity contribution in [1.82, 2.24) is 20.0 Å². The van der Waals surface area contributed by atoms with Crippen molar-refractivity contribution in [3.8, 4) is 0 Å². The number of hydrogen-bond donors (Lipinski definition) is 0. The summed E-state index contributed by atoms with van der Waals surface area (Å²) in [4.78, 5) is 3.99. The second-order valence-electron chi connectivity index (χ2n) is 3.52. The molecule has 16 heavy (non-hydrogen) atoms. The van der Waals surface area contributed by atoms with Gasteiger partial charge in [-0.25, -0.2) is 0 Å². The molecular weight excluding hydrogens is 268 g/mol. The molecule has 2 aromatic heterocycles. The zero-order valence-corrected chi connectivity index (χ0v) is 10.5. The monoisotopic (exact) mass is 280 g/mol. The standard InChI is InChI=1S/C11H13BrN4/c12-5-1-11-9-16(15-14-11)8-4-10-2-6-13-7-3-10/h2-3,6-7,9H,1,4-5,8H2. The van der Waals surface area contributed by atoms with Gasteiger partial charge in [-0.05, 0) is 24.1 Å². The molecule has 0 saturated heterocycles. The Kier molecular flexibility index (Phi) is 4.04. The average molecular weight is 281 g/mol. The number of aromatic nitrogens is 4. The number of alkyl halides is 1. The Balaban J connectivity index is 1.89. The van der Waals surface area contributed by atoms with Gasteiger partial charge in [-0.15, -0.1) is 5.10 Å². The lowest BCUT2D eigenvalue weighted by atomic mass is 10.2. The fourth-order valence-corrected chi connectivity index (χ4v) is 1.86. The van der Waals surface area contributed by atoms with Crippen LogP contribution in [0.2, 0.25) is 0 Å². The van der Waals surface area contributed by atoms with E-state index >= 15 is 0 Å². The number of hydrogen-bond acceptors (Lipinski definition) is 3. The molecule has 0 aromatic carbocycles. The van der Waals surface area contributed by atoms with Crippen LogP contribution in [0.1, 0.15) is 11.3 Å². The molecule has 0 saturated carbocycles. The Labute approximate surface area is 103 Å². The van der Waals surface area contributed by atoms with Gasteiger partial charge >= 0.3 is 0 Å². The summed E-state index contributed by atoms with van der Waals surface area (Å²) in [6.45, 7) is 0.860. The molecule has 0 aliphatic carbocycles. The molecule has 0 spiro atoms. The molecule has 2 aromatic rings. The van der Waals surface area contributed by atoms with E-state index in [1.54, 1.807) is 0 Å². The van der Waals surface area contributed by atoms with Crippen molar-refractivity contribution in [2.45, 2.75) is 19.4 Å². The van der Waals surface area contributed by atoms with Crippen LogP contribution in [0, 0.1) is 0 Å². The topological polar surface area (TPSA) is 43.6 Å². The highest BCUT2D eigenvalue weighted by molar-refractivity contribution is 9.09. The summed E-state index contributed by atoms with van der Waals surface area (Å²) in [6, 6.07) is 4.05. The Morgan fingerprint density at radius 2 is 2.00 bits per heavy atom. The van der Waals surface area contributed by atoms with Gasteiger partial charge in [0.25, 0.3) is 0 Å². The van der Waals surface area contributed by atoms with Gasteiger partial charge in [-0.1, -0.05) is 21.1 Å². The first-order valence-electron chi connectivity index (χ1n) is 5.22. The molecular formula is C11H13BrN4. The zero-order valence-electron chi connectivity index (χ0n) is 8.88. The lowest BCUT2D eigenvalue weighted by Crippen LogP contribution is -2.02. The van der Waals surface area contributed by atoms with Crippen LogP contribution in [0.5, 0.6) is 0 Å². The first-order valence-corrected chi connectivity index (χ1v) is 6.34. The summed E-state index contributed by atoms with van der Waals surface area (Å²) >= 11 is 3.39. The quantitative estimate of drug-likeness (QED) is 0.786. The normalized spacial score (nSPS) is 10.6. The molecule has 0 atom stereocenters. The Bertz CT molecular complexity index is 427. The maximum atomic E-state index is 4.09. The SMILES string of the molecule is BrCCc1cn(CCc2ccncc2)nn1. The molecule has 4 nitrogen and oxygen atoms in total. The van der Waals surface area contributed by atoms with Crippen LogP contribution in [0.25, 0.3) is 0 Å². The van der Waals surface area contributed by atoms with E-state index in [2.05, 4.69) is 31.2 Å². The van der Waals surface area contributed by atoms with Gasteiger partial charge < -0.3 is 0 Å². The number of aryl methyl sites for hydroxylation is 3. The predicted molar refractivity (Wildman–Crippen MR) is 65.5 cm³/mol. The smallest absolute Gasteiger partial charge is 0.0835 e. The van der Waals surface area contributed by atoms with E-state index < -0.39 is 0 Å². The van der Waals surface area contributed by atoms with E-state index in [4.69, 9.17) is 0 Å². The Morgan fingerprint density at radius 3 is 2.75 bits per heavy atom. The summed E-state index contributed by atoms with van der Waals surface area (Å²) in [5, 5.41) is 9.10. The number of pyridine rings is 1. The lowest BCUT2D eigenvalue weighted by Gasteiger charge is -1.99. The third kappa shape index (κ3) is 3.13. The van der Waals surface area contributed by atoms with Crippen molar-refractivity contribution in [2.75, 3.05) is 5.33 Å². The molecule has 0 N–H and O–H groups in total. The Morgan fingerprint density at radius 1 is 1.19 bits per heavy atom. The lowest BCUT2D eigenvalue weighted by molar-refractivity contribution is 0.589. The molecule has 84 valence electrons. The molecule has 0 aliphatic rings. The van der Waals surface area contributed by atoms with Crippen LogP contribution in [0.15, 0.2) is 30.7 Å². The van der Waals surface area contributed by atoms with Gasteiger partial charge in [-0.3, -0.25) is 9.67 Å². The molecule has 2 heterocycles. The first kappa shape index (κ1) is 11.3. The van der Waals surface area contributed by atoms with Gasteiger partial charge in [0.1, 0.15) is 0 Å². The van der Waals surface area contributed by atoms with Crippen LogP contribution < -0.4 is 0 Å². The summed E-state index contributed by atoms with van der Waals surface area (Å²) in [6.07, 6.45) is 7.51. The highest BCUT2D eigenvalue weighted by Crippen LogP contribution is 2.01. The van der Waals surface area contributed by atoms with Gasteiger partial charge in [0.15, 0.2) is 0 Å². The minimum Gasteiger partial charge on any atom is -0.265 e. The summed E-state index contributed by atoms with van der Waals surface area (Å²) in [5.74, 6) is 0. The minimum absolute atomic E-state index is 0.860. The summed E-state index contributed by atoms with van der Waals surface area (Å²) < 4.78 is 1.89. The molecule has 0 bridgehead atoms. The highest BCUT2D eigenvalue weighted by Gasteiger charge is 2.00. The highest BCUT2D eigenvalue weighted by atomic mass is 79.9. The van der Waals surface area contributed by atoms with Crippen molar-refractivity contribution in [2.24, 2.45) is 0 Å². The number of halogens is 1. The molecule has 0 amide bonds. The van der Waals surface area contributed by atoms with Gasteiger partial charge in [0.05, 0.1) is 5.69 Å². The van der Waals surface area contributed by atoms with Crippen molar-refractivity contribution in [3.63, 3.8) is 0 Å². The maximum Gasteiger partial charge on any atom is 0.0835 e. The van der Waals surface area contributed by atoms with E-state index in [0.29, 0.717) is 0 Å². The molecule has 0 unspecified atom stereocenters. The fourth-order valence-electron chi connectivity index (χ4n) is 1.45. The van der Waals surface area contributed by atoms with Crippen LogP contribution in [-0.2, 0) is 19.4 Å². The van der Waals surface area contributed by atoms with Gasteiger partial charge in [0, 0.05) is 36.9 Å². The van der Waals surface area contributed by atoms with Crippen molar-refractivity contribution in [3.05, 3.63) is 42.0 Å². The predicted octanol–water partition coefficient (Wildman–Crippen LogP) is 1.85. The maximum absolute atomic E-state index is 4.09. The molecule has 2 rings (SSSR count).